The summed E-state index contributed by atoms with van der Waals surface area (Å²) in [5.41, 5.74) is 0.800. The third-order valence-corrected chi connectivity index (χ3v) is 3.33. The van der Waals surface area contributed by atoms with Gasteiger partial charge >= 0.3 is 0 Å². The number of rotatable bonds is 0. The highest BCUT2D eigenvalue weighted by Crippen LogP contribution is 2.48. The van der Waals surface area contributed by atoms with Gasteiger partial charge in [-0.25, -0.2) is 0 Å². The molecule has 10 heavy (non-hydrogen) atoms. The lowest BCUT2D eigenvalue weighted by Crippen LogP contribution is -2.41. The van der Waals surface area contributed by atoms with E-state index in [1.807, 2.05) is 0 Å². The van der Waals surface area contributed by atoms with Crippen LogP contribution in [-0.4, -0.2) is 18.0 Å². The highest BCUT2D eigenvalue weighted by atomic mass is 15.1. The summed E-state index contributed by atoms with van der Waals surface area (Å²) in [5, 5.41) is 0. The Hall–Kier alpha value is -0.0400. The molecule has 2 rings (SSSR count). The van der Waals surface area contributed by atoms with Crippen LogP contribution in [0.3, 0.4) is 0 Å². The molecule has 2 fully saturated rings. The van der Waals surface area contributed by atoms with E-state index >= 15 is 0 Å². The maximum atomic E-state index is 3.95. The van der Waals surface area contributed by atoms with Crippen LogP contribution in [-0.2, 0) is 0 Å². The quantitative estimate of drug-likeness (QED) is 0.463. The fourth-order valence-electron chi connectivity index (χ4n) is 2.20. The third kappa shape index (κ3) is 0.968. The van der Waals surface area contributed by atoms with E-state index in [1.165, 1.54) is 45.2 Å². The number of hydrogen-bond donors (Lipinski definition) is 0. The van der Waals surface area contributed by atoms with Gasteiger partial charge in [0.2, 0.25) is 0 Å². The Morgan fingerprint density at radius 1 is 1.00 bits per heavy atom. The van der Waals surface area contributed by atoms with E-state index in [0.29, 0.717) is 0 Å². The fourth-order valence-corrected chi connectivity index (χ4v) is 2.20. The molecular formula is C9H16N-. The summed E-state index contributed by atoms with van der Waals surface area (Å²) in [6.45, 7) is 2.47. The summed E-state index contributed by atoms with van der Waals surface area (Å²) in [6, 6.07) is 0. The average Bonchev–Trinajstić information content (AvgIpc) is 1.86. The second kappa shape index (κ2) is 2.23. The Morgan fingerprint density at radius 2 is 1.60 bits per heavy atom. The van der Waals surface area contributed by atoms with Crippen LogP contribution in [0.1, 0.15) is 32.1 Å². The first-order chi connectivity index (χ1) is 4.81. The molecule has 0 unspecified atom stereocenters. The number of likely N-dealkylation sites (tertiary alicyclic amines) is 1. The fraction of sp³-hybridized carbons (Fsp3) is 0.889. The van der Waals surface area contributed by atoms with Crippen LogP contribution in [0.15, 0.2) is 0 Å². The van der Waals surface area contributed by atoms with Crippen molar-refractivity contribution in [2.75, 3.05) is 13.1 Å². The topological polar surface area (TPSA) is 3.24 Å². The van der Waals surface area contributed by atoms with Crippen molar-refractivity contribution < 1.29 is 0 Å². The Morgan fingerprint density at radius 3 is 2.00 bits per heavy atom. The van der Waals surface area contributed by atoms with Crippen molar-refractivity contribution in [2.45, 2.75) is 32.1 Å². The first-order valence-electron chi connectivity index (χ1n) is 4.36. The molecule has 0 atom stereocenters. The lowest BCUT2D eigenvalue weighted by Gasteiger charge is -2.49. The summed E-state index contributed by atoms with van der Waals surface area (Å²) in [5.74, 6) is 0. The summed E-state index contributed by atoms with van der Waals surface area (Å²) in [7, 11) is 3.95. The molecule has 0 aromatic carbocycles. The first-order valence-corrected chi connectivity index (χ1v) is 4.36. The third-order valence-electron chi connectivity index (χ3n) is 3.33. The average molecular weight is 138 g/mol. The van der Waals surface area contributed by atoms with Crippen molar-refractivity contribution in [3.63, 3.8) is 0 Å². The van der Waals surface area contributed by atoms with Gasteiger partial charge in [-0.1, -0.05) is 6.42 Å². The van der Waals surface area contributed by atoms with E-state index in [2.05, 4.69) is 11.9 Å². The maximum Gasteiger partial charge on any atom is -0.0275 e. The molecule has 2 aliphatic rings. The summed E-state index contributed by atoms with van der Waals surface area (Å²) >= 11 is 0. The van der Waals surface area contributed by atoms with Gasteiger partial charge in [-0.15, -0.1) is 0 Å². The molecule has 1 saturated carbocycles. The van der Waals surface area contributed by atoms with Crippen molar-refractivity contribution in [2.24, 2.45) is 5.41 Å². The standard InChI is InChI=1S/C9H16N/c1-10-7-5-9(6-8-10)3-2-4-9/h1-8H2/q-1. The Kier molecular flexibility index (Phi) is 1.48. The summed E-state index contributed by atoms with van der Waals surface area (Å²) < 4.78 is 0. The molecule has 0 aromatic rings. The van der Waals surface area contributed by atoms with E-state index in [0.717, 1.165) is 5.41 Å². The van der Waals surface area contributed by atoms with Crippen LogP contribution in [0.4, 0.5) is 0 Å². The first kappa shape index (κ1) is 6.66. The van der Waals surface area contributed by atoms with Crippen LogP contribution in [0.5, 0.6) is 0 Å². The van der Waals surface area contributed by atoms with Gasteiger partial charge in [0, 0.05) is 0 Å². The molecule has 1 saturated heterocycles. The zero-order valence-corrected chi connectivity index (χ0v) is 6.60. The molecule has 0 N–H and O–H groups in total. The normalized spacial score (nSPS) is 32.1. The summed E-state index contributed by atoms with van der Waals surface area (Å²) in [4.78, 5) is 2.21. The van der Waals surface area contributed by atoms with Crippen molar-refractivity contribution in [1.82, 2.24) is 4.90 Å². The second-order valence-electron chi connectivity index (χ2n) is 3.97. The van der Waals surface area contributed by atoms with E-state index in [1.54, 1.807) is 0 Å². The monoisotopic (exact) mass is 138 g/mol. The Bertz CT molecular complexity index is 117. The number of hydrogen-bond acceptors (Lipinski definition) is 1. The van der Waals surface area contributed by atoms with E-state index in [-0.39, 0.29) is 0 Å². The smallest absolute Gasteiger partial charge is 0.0275 e. The van der Waals surface area contributed by atoms with Crippen LogP contribution in [0, 0.1) is 12.5 Å². The van der Waals surface area contributed by atoms with Crippen molar-refractivity contribution in [1.29, 1.82) is 0 Å². The van der Waals surface area contributed by atoms with Crippen molar-refractivity contribution >= 4 is 0 Å². The van der Waals surface area contributed by atoms with E-state index in [4.69, 9.17) is 0 Å². The van der Waals surface area contributed by atoms with Gasteiger partial charge < -0.3 is 4.90 Å². The van der Waals surface area contributed by atoms with Gasteiger partial charge in [0.15, 0.2) is 0 Å². The van der Waals surface area contributed by atoms with Gasteiger partial charge in [0.05, 0.1) is 0 Å². The molecule has 1 aliphatic carbocycles. The van der Waals surface area contributed by atoms with Gasteiger partial charge in [-0.3, -0.25) is 7.05 Å². The lowest BCUT2D eigenvalue weighted by atomic mass is 9.63. The Balaban J connectivity index is 1.90. The van der Waals surface area contributed by atoms with Crippen molar-refractivity contribution in [3.8, 4) is 0 Å². The van der Waals surface area contributed by atoms with Crippen LogP contribution in [0.2, 0.25) is 0 Å². The highest BCUT2D eigenvalue weighted by molar-refractivity contribution is 4.91. The Labute approximate surface area is 63.4 Å². The van der Waals surface area contributed by atoms with Gasteiger partial charge in [0.1, 0.15) is 0 Å². The highest BCUT2D eigenvalue weighted by Gasteiger charge is 2.37. The molecule has 0 amide bonds. The second-order valence-corrected chi connectivity index (χ2v) is 3.97. The molecule has 0 aromatic heterocycles. The molecule has 1 heteroatoms. The van der Waals surface area contributed by atoms with Gasteiger partial charge in [-0.05, 0) is 44.2 Å². The van der Waals surface area contributed by atoms with E-state index in [9.17, 15) is 0 Å². The molecule has 1 aliphatic heterocycles. The summed E-state index contributed by atoms with van der Waals surface area (Å²) in [6.07, 6.45) is 7.31. The van der Waals surface area contributed by atoms with E-state index < -0.39 is 0 Å². The maximum absolute atomic E-state index is 3.95. The van der Waals surface area contributed by atoms with Crippen molar-refractivity contribution in [3.05, 3.63) is 7.05 Å². The van der Waals surface area contributed by atoms with Gasteiger partial charge in [0.25, 0.3) is 0 Å². The molecule has 1 nitrogen and oxygen atoms in total. The molecule has 0 bridgehead atoms. The number of nitrogens with zero attached hydrogens (tertiary/aromatic N) is 1. The van der Waals surface area contributed by atoms with Crippen LogP contribution >= 0.6 is 0 Å². The molecule has 1 spiro atoms. The molecule has 0 radical (unpaired) electrons. The largest absolute Gasteiger partial charge is 0.459 e. The zero-order chi connectivity index (χ0) is 7.03. The van der Waals surface area contributed by atoms with Crippen LogP contribution < -0.4 is 0 Å². The SMILES string of the molecule is [CH2-]N1CCC2(CCC2)CC1. The molecule has 58 valence electrons. The zero-order valence-electron chi connectivity index (χ0n) is 6.60. The lowest BCUT2D eigenvalue weighted by molar-refractivity contribution is 0.0494. The predicted molar refractivity (Wildman–Crippen MR) is 42.4 cm³/mol. The molecule has 1 heterocycles. The molecular weight excluding hydrogens is 122 g/mol. The number of piperidine rings is 1. The van der Waals surface area contributed by atoms with Crippen LogP contribution in [0.25, 0.3) is 0 Å². The van der Waals surface area contributed by atoms with Gasteiger partial charge in [-0.2, -0.15) is 0 Å². The minimum absolute atomic E-state index is 0.800. The minimum Gasteiger partial charge on any atom is -0.459 e. The predicted octanol–water partition coefficient (Wildman–Crippen LogP) is 2.04. The minimum atomic E-state index is 0.800.